The molecule has 1 aliphatic heterocycles. The molecule has 0 bridgehead atoms. The number of carbonyl (C=O) groups is 4. The van der Waals surface area contributed by atoms with E-state index in [4.69, 9.17) is 4.74 Å². The third-order valence-electron chi connectivity index (χ3n) is 4.77. The van der Waals surface area contributed by atoms with Crippen LogP contribution in [-0.4, -0.2) is 36.2 Å². The standard InChI is InChI=1S/C22H22N2O5/c1-12-9-13(2)19(14(3)10-12)23-21(27)15(4)29-18(25)11-24-17-8-6-5-7-16(17)20(26)22(24)28/h5-10,15H,11H2,1-4H3,(H,23,27)/t15-/m0/s1. The van der Waals surface area contributed by atoms with E-state index >= 15 is 0 Å². The highest BCUT2D eigenvalue weighted by Gasteiger charge is 2.37. The maximum Gasteiger partial charge on any atom is 0.326 e. The number of fused-ring (bicyclic) bond motifs is 1. The molecule has 150 valence electrons. The van der Waals surface area contributed by atoms with Crippen LogP contribution in [0.1, 0.15) is 34.0 Å². The second kappa shape index (κ2) is 7.87. The predicted molar refractivity (Wildman–Crippen MR) is 108 cm³/mol. The van der Waals surface area contributed by atoms with Crippen molar-refractivity contribution in [3.05, 3.63) is 58.7 Å². The second-order valence-electron chi connectivity index (χ2n) is 7.13. The highest BCUT2D eigenvalue weighted by molar-refractivity contribution is 6.52. The molecule has 0 saturated heterocycles. The van der Waals surface area contributed by atoms with Gasteiger partial charge in [0.05, 0.1) is 11.3 Å². The molecule has 0 fully saturated rings. The van der Waals surface area contributed by atoms with Gasteiger partial charge in [0.25, 0.3) is 17.6 Å². The number of ketones is 1. The van der Waals surface area contributed by atoms with Gasteiger partial charge in [-0.1, -0.05) is 29.8 Å². The fourth-order valence-electron chi connectivity index (χ4n) is 3.42. The molecule has 0 radical (unpaired) electrons. The molecule has 3 rings (SSSR count). The van der Waals surface area contributed by atoms with Crippen molar-refractivity contribution in [2.45, 2.75) is 33.8 Å². The van der Waals surface area contributed by atoms with Crippen LogP contribution in [0.15, 0.2) is 36.4 Å². The summed E-state index contributed by atoms with van der Waals surface area (Å²) in [5.41, 5.74) is 4.20. The first-order valence-electron chi connectivity index (χ1n) is 9.22. The Morgan fingerprint density at radius 3 is 2.34 bits per heavy atom. The quantitative estimate of drug-likeness (QED) is 0.622. The number of hydrogen-bond donors (Lipinski definition) is 1. The van der Waals surface area contributed by atoms with Crippen LogP contribution < -0.4 is 10.2 Å². The van der Waals surface area contributed by atoms with Crippen molar-refractivity contribution in [1.82, 2.24) is 0 Å². The van der Waals surface area contributed by atoms with Gasteiger partial charge in [0, 0.05) is 5.69 Å². The molecule has 1 atom stereocenters. The van der Waals surface area contributed by atoms with Crippen LogP contribution in [0.4, 0.5) is 11.4 Å². The van der Waals surface area contributed by atoms with Crippen LogP contribution in [-0.2, 0) is 19.1 Å². The first-order valence-corrected chi connectivity index (χ1v) is 9.22. The van der Waals surface area contributed by atoms with Gasteiger partial charge in [-0.2, -0.15) is 0 Å². The Labute approximate surface area is 168 Å². The van der Waals surface area contributed by atoms with Crippen LogP contribution in [0, 0.1) is 20.8 Å². The van der Waals surface area contributed by atoms with E-state index in [0.717, 1.165) is 21.6 Å². The Hall–Kier alpha value is -3.48. The lowest BCUT2D eigenvalue weighted by molar-refractivity contribution is -0.152. The maximum atomic E-state index is 12.5. The van der Waals surface area contributed by atoms with Crippen molar-refractivity contribution in [2.75, 3.05) is 16.8 Å². The lowest BCUT2D eigenvalue weighted by atomic mass is 10.0. The van der Waals surface area contributed by atoms with Crippen molar-refractivity contribution >= 4 is 34.9 Å². The largest absolute Gasteiger partial charge is 0.451 e. The van der Waals surface area contributed by atoms with E-state index in [2.05, 4.69) is 5.32 Å². The van der Waals surface area contributed by atoms with Crippen molar-refractivity contribution in [3.8, 4) is 0 Å². The third kappa shape index (κ3) is 4.03. The smallest absolute Gasteiger partial charge is 0.326 e. The number of ether oxygens (including phenoxy) is 1. The Morgan fingerprint density at radius 2 is 1.69 bits per heavy atom. The lowest BCUT2D eigenvalue weighted by Gasteiger charge is -2.19. The molecule has 29 heavy (non-hydrogen) atoms. The molecule has 0 spiro atoms. The lowest BCUT2D eigenvalue weighted by Crippen LogP contribution is -2.38. The molecule has 1 heterocycles. The summed E-state index contributed by atoms with van der Waals surface area (Å²) in [6, 6.07) is 10.3. The molecule has 0 aromatic heterocycles. The van der Waals surface area contributed by atoms with Crippen molar-refractivity contribution in [2.24, 2.45) is 0 Å². The number of esters is 1. The summed E-state index contributed by atoms with van der Waals surface area (Å²) >= 11 is 0. The van der Waals surface area contributed by atoms with Gasteiger partial charge in [-0.25, -0.2) is 0 Å². The predicted octanol–water partition coefficient (Wildman–Crippen LogP) is 2.71. The second-order valence-corrected chi connectivity index (χ2v) is 7.13. The first-order chi connectivity index (χ1) is 13.7. The number of Topliss-reactive ketones (excluding diaryl/α,β-unsaturated/α-hetero) is 1. The van der Waals surface area contributed by atoms with Gasteiger partial charge >= 0.3 is 5.97 Å². The monoisotopic (exact) mass is 394 g/mol. The van der Waals surface area contributed by atoms with Gasteiger partial charge in [0.1, 0.15) is 6.54 Å². The Kier molecular flexibility index (Phi) is 5.50. The Morgan fingerprint density at radius 1 is 1.07 bits per heavy atom. The molecule has 1 aliphatic rings. The van der Waals surface area contributed by atoms with Crippen LogP contribution >= 0.6 is 0 Å². The SMILES string of the molecule is Cc1cc(C)c(NC(=O)[C@H](C)OC(=O)CN2C(=O)C(=O)c3ccccc32)c(C)c1. The number of rotatable bonds is 5. The zero-order chi connectivity index (χ0) is 21.3. The number of nitrogens with zero attached hydrogens (tertiary/aromatic N) is 1. The van der Waals surface area contributed by atoms with Gasteiger partial charge < -0.3 is 10.1 Å². The van der Waals surface area contributed by atoms with Crippen molar-refractivity contribution in [3.63, 3.8) is 0 Å². The van der Waals surface area contributed by atoms with Crippen LogP contribution in [0.5, 0.6) is 0 Å². The minimum atomic E-state index is -1.06. The Bertz CT molecular complexity index is 1000. The molecule has 0 aliphatic carbocycles. The summed E-state index contributed by atoms with van der Waals surface area (Å²) in [5.74, 6) is -2.70. The van der Waals surface area contributed by atoms with Crippen LogP contribution in [0.25, 0.3) is 0 Å². The van der Waals surface area contributed by atoms with E-state index in [1.807, 2.05) is 32.9 Å². The van der Waals surface area contributed by atoms with Gasteiger partial charge in [0.15, 0.2) is 6.10 Å². The van der Waals surface area contributed by atoms with Crippen molar-refractivity contribution in [1.29, 1.82) is 0 Å². The van der Waals surface area contributed by atoms with E-state index in [1.54, 1.807) is 18.2 Å². The number of amides is 2. The molecule has 7 heteroatoms. The number of benzene rings is 2. The van der Waals surface area contributed by atoms with Gasteiger partial charge in [-0.15, -0.1) is 0 Å². The van der Waals surface area contributed by atoms with E-state index in [-0.39, 0.29) is 5.56 Å². The molecule has 0 saturated carbocycles. The number of carbonyl (C=O) groups excluding carboxylic acids is 4. The number of anilines is 2. The number of nitrogens with one attached hydrogen (secondary N) is 1. The molecule has 2 amide bonds. The van der Waals surface area contributed by atoms with Gasteiger partial charge in [-0.3, -0.25) is 24.1 Å². The fraction of sp³-hybridized carbons (Fsp3) is 0.273. The van der Waals surface area contributed by atoms with E-state index < -0.39 is 36.2 Å². The van der Waals surface area contributed by atoms with E-state index in [0.29, 0.717) is 11.4 Å². The molecule has 7 nitrogen and oxygen atoms in total. The molecule has 2 aromatic rings. The summed E-state index contributed by atoms with van der Waals surface area (Å²) in [6.45, 7) is 6.76. The van der Waals surface area contributed by atoms with E-state index in [1.165, 1.54) is 13.0 Å². The normalized spacial score (nSPS) is 13.9. The molecule has 2 aromatic carbocycles. The fourth-order valence-corrected chi connectivity index (χ4v) is 3.42. The minimum Gasteiger partial charge on any atom is -0.451 e. The van der Waals surface area contributed by atoms with Crippen molar-refractivity contribution < 1.29 is 23.9 Å². The average Bonchev–Trinajstić information content (AvgIpc) is 2.89. The maximum absolute atomic E-state index is 12.5. The highest BCUT2D eigenvalue weighted by atomic mass is 16.5. The zero-order valence-electron chi connectivity index (χ0n) is 16.7. The number of para-hydroxylation sites is 1. The van der Waals surface area contributed by atoms with Gasteiger partial charge in [-0.05, 0) is 51.0 Å². The summed E-state index contributed by atoms with van der Waals surface area (Å²) in [6.07, 6.45) is -1.06. The summed E-state index contributed by atoms with van der Waals surface area (Å²) in [7, 11) is 0. The summed E-state index contributed by atoms with van der Waals surface area (Å²) < 4.78 is 5.19. The molecular formula is C22H22N2O5. The molecular weight excluding hydrogens is 372 g/mol. The van der Waals surface area contributed by atoms with Crippen LogP contribution in [0.3, 0.4) is 0 Å². The van der Waals surface area contributed by atoms with E-state index in [9.17, 15) is 19.2 Å². The first kappa shape index (κ1) is 20.3. The zero-order valence-corrected chi connectivity index (χ0v) is 16.7. The summed E-state index contributed by atoms with van der Waals surface area (Å²) in [4.78, 5) is 50.0. The van der Waals surface area contributed by atoms with Crippen LogP contribution in [0.2, 0.25) is 0 Å². The van der Waals surface area contributed by atoms with Gasteiger partial charge in [0.2, 0.25) is 0 Å². The molecule has 0 unspecified atom stereocenters. The average molecular weight is 394 g/mol. The Balaban J connectivity index is 1.65. The third-order valence-corrected chi connectivity index (χ3v) is 4.77. The minimum absolute atomic E-state index is 0.251. The topological polar surface area (TPSA) is 92.8 Å². The highest BCUT2D eigenvalue weighted by Crippen LogP contribution is 2.28. The summed E-state index contributed by atoms with van der Waals surface area (Å²) in [5, 5.41) is 2.79. The number of hydrogen-bond acceptors (Lipinski definition) is 5. The number of aryl methyl sites for hydroxylation is 3. The molecule has 1 N–H and O–H groups in total.